The lowest BCUT2D eigenvalue weighted by molar-refractivity contribution is 0.328. The summed E-state index contributed by atoms with van der Waals surface area (Å²) < 4.78 is 0. The molecule has 1 atom stereocenters. The van der Waals surface area contributed by atoms with Crippen LogP contribution in [0.3, 0.4) is 0 Å². The van der Waals surface area contributed by atoms with Crippen LogP contribution in [0.15, 0.2) is 30.6 Å². The van der Waals surface area contributed by atoms with Crippen LogP contribution >= 0.6 is 11.6 Å². The van der Waals surface area contributed by atoms with Crippen molar-refractivity contribution in [3.05, 3.63) is 47.0 Å². The summed E-state index contributed by atoms with van der Waals surface area (Å²) in [6, 6.07) is 6.23. The number of anilines is 1. The number of aromatic nitrogens is 3. The van der Waals surface area contributed by atoms with Crippen molar-refractivity contribution in [1.82, 2.24) is 19.9 Å². The van der Waals surface area contributed by atoms with Gasteiger partial charge in [-0.15, -0.1) is 0 Å². The minimum absolute atomic E-state index is 0.377. The Hall–Kier alpha value is -1.72. The minimum Gasteiger partial charge on any atom is -0.350 e. The van der Waals surface area contributed by atoms with Crippen LogP contribution in [0.25, 0.3) is 0 Å². The highest BCUT2D eigenvalue weighted by atomic mass is 35.5. The maximum atomic E-state index is 6.11. The smallest absolute Gasteiger partial charge is 0.223 e. The monoisotopic (exact) mass is 303 g/mol. The highest BCUT2D eigenvalue weighted by Crippen LogP contribution is 2.19. The lowest BCUT2D eigenvalue weighted by Gasteiger charge is -2.17. The van der Waals surface area contributed by atoms with E-state index in [9.17, 15) is 0 Å². The number of halogens is 1. The van der Waals surface area contributed by atoms with Crippen molar-refractivity contribution in [1.29, 1.82) is 0 Å². The Bertz CT molecular complexity index is 619. The number of pyridine rings is 1. The zero-order valence-corrected chi connectivity index (χ0v) is 12.7. The van der Waals surface area contributed by atoms with E-state index in [1.807, 2.05) is 25.1 Å². The van der Waals surface area contributed by atoms with Gasteiger partial charge in [-0.2, -0.15) is 0 Å². The molecule has 3 heterocycles. The van der Waals surface area contributed by atoms with Gasteiger partial charge in [0.15, 0.2) is 0 Å². The summed E-state index contributed by atoms with van der Waals surface area (Å²) in [5.74, 6) is 0.710. The molecule has 0 saturated carbocycles. The first kappa shape index (κ1) is 14.2. The molecule has 0 bridgehead atoms. The second-order valence-corrected chi connectivity index (χ2v) is 5.70. The SMILES string of the molecule is Cc1ccnc(NC2CCN(Cc3cccnc3Cl)C2)n1. The molecule has 0 aromatic carbocycles. The number of nitrogens with one attached hydrogen (secondary N) is 1. The van der Waals surface area contributed by atoms with Gasteiger partial charge in [-0.25, -0.2) is 15.0 Å². The number of likely N-dealkylation sites (tertiary alicyclic amines) is 1. The topological polar surface area (TPSA) is 53.9 Å². The van der Waals surface area contributed by atoms with Crippen molar-refractivity contribution in [2.45, 2.75) is 25.9 Å². The van der Waals surface area contributed by atoms with Crippen LogP contribution < -0.4 is 5.32 Å². The molecule has 1 aliphatic heterocycles. The predicted octanol–water partition coefficient (Wildman–Crippen LogP) is 2.52. The Morgan fingerprint density at radius 2 is 2.24 bits per heavy atom. The molecule has 1 aliphatic rings. The van der Waals surface area contributed by atoms with Gasteiger partial charge in [-0.3, -0.25) is 4.90 Å². The molecule has 2 aromatic heterocycles. The standard InChI is InChI=1S/C15H18ClN5/c1-11-4-7-18-15(19-11)20-13-5-8-21(10-13)9-12-3-2-6-17-14(12)16/h2-4,6-7,13H,5,8-10H2,1H3,(H,18,19,20). The molecule has 21 heavy (non-hydrogen) atoms. The zero-order valence-electron chi connectivity index (χ0n) is 12.0. The van der Waals surface area contributed by atoms with Crippen LogP contribution in [0.1, 0.15) is 17.7 Å². The molecule has 0 amide bonds. The largest absolute Gasteiger partial charge is 0.350 e. The van der Waals surface area contributed by atoms with E-state index >= 15 is 0 Å². The van der Waals surface area contributed by atoms with E-state index in [2.05, 4.69) is 25.2 Å². The molecular weight excluding hydrogens is 286 g/mol. The van der Waals surface area contributed by atoms with Gasteiger partial charge in [0, 0.05) is 49.3 Å². The average Bonchev–Trinajstić information content (AvgIpc) is 2.89. The molecule has 1 N–H and O–H groups in total. The van der Waals surface area contributed by atoms with Gasteiger partial charge < -0.3 is 5.32 Å². The highest BCUT2D eigenvalue weighted by molar-refractivity contribution is 6.30. The first-order valence-electron chi connectivity index (χ1n) is 7.08. The van der Waals surface area contributed by atoms with Crippen molar-refractivity contribution < 1.29 is 0 Å². The van der Waals surface area contributed by atoms with Crippen LogP contribution in [0.4, 0.5) is 5.95 Å². The molecular formula is C15H18ClN5. The van der Waals surface area contributed by atoms with Crippen molar-refractivity contribution >= 4 is 17.5 Å². The van der Waals surface area contributed by atoms with E-state index in [4.69, 9.17) is 11.6 Å². The van der Waals surface area contributed by atoms with Crippen LogP contribution in [-0.4, -0.2) is 39.0 Å². The fraction of sp³-hybridized carbons (Fsp3) is 0.400. The van der Waals surface area contributed by atoms with E-state index in [-0.39, 0.29) is 0 Å². The summed E-state index contributed by atoms with van der Waals surface area (Å²) in [5.41, 5.74) is 2.05. The third-order valence-electron chi connectivity index (χ3n) is 3.63. The van der Waals surface area contributed by atoms with E-state index in [1.165, 1.54) is 0 Å². The molecule has 5 nitrogen and oxygen atoms in total. The molecule has 0 aliphatic carbocycles. The Kier molecular flexibility index (Phi) is 4.31. The number of aryl methyl sites for hydroxylation is 1. The van der Waals surface area contributed by atoms with E-state index in [1.54, 1.807) is 12.4 Å². The molecule has 110 valence electrons. The summed E-state index contributed by atoms with van der Waals surface area (Å²) in [4.78, 5) is 15.1. The Labute approximate surface area is 129 Å². The first-order chi connectivity index (χ1) is 10.2. The van der Waals surface area contributed by atoms with Crippen LogP contribution in [-0.2, 0) is 6.54 Å². The molecule has 1 fully saturated rings. The van der Waals surface area contributed by atoms with Crippen LogP contribution in [0.2, 0.25) is 5.15 Å². The Morgan fingerprint density at radius 3 is 3.05 bits per heavy atom. The third kappa shape index (κ3) is 3.68. The number of hydrogen-bond acceptors (Lipinski definition) is 5. The fourth-order valence-corrected chi connectivity index (χ4v) is 2.75. The van der Waals surface area contributed by atoms with Crippen molar-refractivity contribution in [3.8, 4) is 0 Å². The first-order valence-corrected chi connectivity index (χ1v) is 7.46. The molecule has 0 radical (unpaired) electrons. The summed E-state index contributed by atoms with van der Waals surface area (Å²) in [6.07, 6.45) is 4.58. The zero-order chi connectivity index (χ0) is 14.7. The molecule has 6 heteroatoms. The summed E-state index contributed by atoms with van der Waals surface area (Å²) >= 11 is 6.11. The molecule has 3 rings (SSSR count). The number of hydrogen-bond donors (Lipinski definition) is 1. The Balaban J connectivity index is 1.57. The second-order valence-electron chi connectivity index (χ2n) is 5.34. The predicted molar refractivity (Wildman–Crippen MR) is 83.3 cm³/mol. The van der Waals surface area contributed by atoms with Crippen LogP contribution in [0, 0.1) is 6.92 Å². The normalized spacial score (nSPS) is 18.9. The van der Waals surface area contributed by atoms with Crippen LogP contribution in [0.5, 0.6) is 0 Å². The quantitative estimate of drug-likeness (QED) is 0.880. The van der Waals surface area contributed by atoms with Gasteiger partial charge in [0.25, 0.3) is 0 Å². The maximum Gasteiger partial charge on any atom is 0.223 e. The number of rotatable bonds is 4. The Morgan fingerprint density at radius 1 is 1.33 bits per heavy atom. The van der Waals surface area contributed by atoms with Crippen molar-refractivity contribution in [2.75, 3.05) is 18.4 Å². The van der Waals surface area contributed by atoms with Gasteiger partial charge >= 0.3 is 0 Å². The maximum absolute atomic E-state index is 6.11. The fourth-order valence-electron chi connectivity index (χ4n) is 2.57. The highest BCUT2D eigenvalue weighted by Gasteiger charge is 2.23. The second kappa shape index (κ2) is 6.37. The van der Waals surface area contributed by atoms with Gasteiger partial charge in [-0.05, 0) is 25.5 Å². The van der Waals surface area contributed by atoms with E-state index in [0.29, 0.717) is 17.1 Å². The minimum atomic E-state index is 0.377. The summed E-state index contributed by atoms with van der Waals surface area (Å²) in [5, 5.41) is 3.99. The molecule has 2 aromatic rings. The van der Waals surface area contributed by atoms with Gasteiger partial charge in [0.1, 0.15) is 5.15 Å². The van der Waals surface area contributed by atoms with E-state index < -0.39 is 0 Å². The van der Waals surface area contributed by atoms with Gasteiger partial charge in [0.2, 0.25) is 5.95 Å². The molecule has 1 unspecified atom stereocenters. The van der Waals surface area contributed by atoms with E-state index in [0.717, 1.165) is 37.3 Å². The summed E-state index contributed by atoms with van der Waals surface area (Å²) in [6.45, 7) is 4.80. The lowest BCUT2D eigenvalue weighted by Crippen LogP contribution is -2.26. The van der Waals surface area contributed by atoms with Crippen molar-refractivity contribution in [2.24, 2.45) is 0 Å². The average molecular weight is 304 g/mol. The molecule has 1 saturated heterocycles. The number of nitrogens with zero attached hydrogens (tertiary/aromatic N) is 4. The third-order valence-corrected chi connectivity index (χ3v) is 3.97. The van der Waals surface area contributed by atoms with Crippen molar-refractivity contribution in [3.63, 3.8) is 0 Å². The lowest BCUT2D eigenvalue weighted by atomic mass is 10.2. The van der Waals surface area contributed by atoms with Gasteiger partial charge in [-0.1, -0.05) is 17.7 Å². The summed E-state index contributed by atoms with van der Waals surface area (Å²) in [7, 11) is 0. The molecule has 0 spiro atoms. The van der Waals surface area contributed by atoms with Gasteiger partial charge in [0.05, 0.1) is 0 Å².